The summed E-state index contributed by atoms with van der Waals surface area (Å²) >= 11 is 0. The summed E-state index contributed by atoms with van der Waals surface area (Å²) in [7, 11) is -4.31. The van der Waals surface area contributed by atoms with E-state index in [2.05, 4.69) is 5.32 Å². The zero-order chi connectivity index (χ0) is 15.7. The molecule has 0 aliphatic heterocycles. The van der Waals surface area contributed by atoms with Gasteiger partial charge in [-0.15, -0.1) is 0 Å². The van der Waals surface area contributed by atoms with E-state index in [1.165, 1.54) is 6.07 Å². The predicted octanol–water partition coefficient (Wildman–Crippen LogP) is 2.15. The van der Waals surface area contributed by atoms with Crippen molar-refractivity contribution in [2.45, 2.75) is 49.5 Å². The number of sulfonamides is 1. The molecule has 1 aromatic rings. The highest BCUT2D eigenvalue weighted by atomic mass is 32.2. The molecule has 1 aromatic heterocycles. The Balaban J connectivity index is 2.07. The van der Waals surface area contributed by atoms with Crippen molar-refractivity contribution in [2.75, 3.05) is 6.54 Å². The number of nitrogens with one attached hydrogen (secondary N) is 2. The van der Waals surface area contributed by atoms with Crippen LogP contribution in [0.2, 0.25) is 0 Å². The van der Waals surface area contributed by atoms with Crippen molar-refractivity contribution in [1.82, 2.24) is 10.0 Å². The third-order valence-corrected chi connectivity index (χ3v) is 4.66. The van der Waals surface area contributed by atoms with Gasteiger partial charge in [0, 0.05) is 0 Å². The lowest BCUT2D eigenvalue weighted by atomic mass is 10.3. The summed E-state index contributed by atoms with van der Waals surface area (Å²) in [5.74, 6) is 0.362. The van der Waals surface area contributed by atoms with E-state index >= 15 is 0 Å². The molecular formula is C12H17F3N2O3S. The fourth-order valence-electron chi connectivity index (χ4n) is 1.86. The van der Waals surface area contributed by atoms with Crippen molar-refractivity contribution in [3.8, 4) is 0 Å². The lowest BCUT2D eigenvalue weighted by Gasteiger charge is -2.19. The maximum absolute atomic E-state index is 12.8. The minimum Gasteiger partial charge on any atom is -0.447 e. The largest absolute Gasteiger partial charge is 0.447 e. The van der Waals surface area contributed by atoms with Crippen LogP contribution in [0.3, 0.4) is 0 Å². The summed E-state index contributed by atoms with van der Waals surface area (Å²) in [6.07, 6.45) is -4.19. The Kier molecular flexibility index (Phi) is 4.36. The van der Waals surface area contributed by atoms with Gasteiger partial charge < -0.3 is 9.73 Å². The highest BCUT2D eigenvalue weighted by molar-refractivity contribution is 7.89. The zero-order valence-electron chi connectivity index (χ0n) is 11.5. The predicted molar refractivity (Wildman–Crippen MR) is 69.0 cm³/mol. The van der Waals surface area contributed by atoms with E-state index in [1.54, 1.807) is 4.72 Å². The molecule has 1 aliphatic carbocycles. The third-order valence-electron chi connectivity index (χ3n) is 3.25. The van der Waals surface area contributed by atoms with Crippen molar-refractivity contribution in [1.29, 1.82) is 0 Å². The first-order chi connectivity index (χ1) is 9.70. The van der Waals surface area contributed by atoms with Crippen LogP contribution in [0.1, 0.15) is 31.9 Å². The fraction of sp³-hybridized carbons (Fsp3) is 0.667. The second-order valence-corrected chi connectivity index (χ2v) is 6.70. The van der Waals surface area contributed by atoms with Crippen LogP contribution in [-0.2, 0) is 16.6 Å². The van der Waals surface area contributed by atoms with Gasteiger partial charge in [-0.25, -0.2) is 8.42 Å². The lowest BCUT2D eigenvalue weighted by Crippen LogP contribution is -2.47. The van der Waals surface area contributed by atoms with Crippen molar-refractivity contribution in [3.05, 3.63) is 17.9 Å². The monoisotopic (exact) mass is 326 g/mol. The SMILES string of the molecule is CCCNCc1ccc(S(=O)(=O)NC2(C(F)(F)F)CC2)o1. The van der Waals surface area contributed by atoms with Crippen LogP contribution >= 0.6 is 0 Å². The van der Waals surface area contributed by atoms with E-state index in [9.17, 15) is 21.6 Å². The van der Waals surface area contributed by atoms with Gasteiger partial charge in [0.2, 0.25) is 5.09 Å². The molecule has 21 heavy (non-hydrogen) atoms. The molecule has 9 heteroatoms. The first kappa shape index (κ1) is 16.3. The van der Waals surface area contributed by atoms with Crippen LogP contribution in [0.4, 0.5) is 13.2 Å². The first-order valence-corrected chi connectivity index (χ1v) is 8.09. The summed E-state index contributed by atoms with van der Waals surface area (Å²) in [4.78, 5) is 0. The first-order valence-electron chi connectivity index (χ1n) is 6.60. The van der Waals surface area contributed by atoms with E-state index in [0.717, 1.165) is 19.0 Å². The molecule has 0 unspecified atom stereocenters. The summed E-state index contributed by atoms with van der Waals surface area (Å²) < 4.78 is 69.1. The maximum atomic E-state index is 12.8. The van der Waals surface area contributed by atoms with Crippen molar-refractivity contribution >= 4 is 10.0 Å². The van der Waals surface area contributed by atoms with Gasteiger partial charge in [-0.1, -0.05) is 6.92 Å². The van der Waals surface area contributed by atoms with Crippen molar-refractivity contribution in [3.63, 3.8) is 0 Å². The summed E-state index contributed by atoms with van der Waals surface area (Å²) in [6, 6.07) is 2.60. The molecule has 1 heterocycles. The Morgan fingerprint density at radius 1 is 1.33 bits per heavy atom. The van der Waals surface area contributed by atoms with Gasteiger partial charge in [-0.05, 0) is 37.9 Å². The van der Waals surface area contributed by atoms with Crippen molar-refractivity contribution < 1.29 is 26.0 Å². The summed E-state index contributed by atoms with van der Waals surface area (Å²) in [6.45, 7) is 3.03. The minimum absolute atomic E-state index is 0.249. The van der Waals surface area contributed by atoms with E-state index in [-0.39, 0.29) is 12.8 Å². The molecule has 0 amide bonds. The van der Waals surface area contributed by atoms with Crippen LogP contribution in [0, 0.1) is 0 Å². The zero-order valence-corrected chi connectivity index (χ0v) is 12.3. The molecule has 0 atom stereocenters. The Morgan fingerprint density at radius 3 is 2.52 bits per heavy atom. The van der Waals surface area contributed by atoms with Gasteiger partial charge in [0.1, 0.15) is 11.3 Å². The van der Waals surface area contributed by atoms with Gasteiger partial charge in [0.25, 0.3) is 10.0 Å². The van der Waals surface area contributed by atoms with Crippen LogP contribution in [0.25, 0.3) is 0 Å². The van der Waals surface area contributed by atoms with E-state index in [4.69, 9.17) is 4.42 Å². The number of alkyl halides is 3. The molecule has 0 radical (unpaired) electrons. The average Bonchev–Trinajstić information content (AvgIpc) is 2.99. The van der Waals surface area contributed by atoms with E-state index in [0.29, 0.717) is 12.3 Å². The second kappa shape index (κ2) is 5.62. The van der Waals surface area contributed by atoms with Crippen LogP contribution in [0.15, 0.2) is 21.6 Å². The quantitative estimate of drug-likeness (QED) is 0.753. The standard InChI is InChI=1S/C12H17F3N2O3S/c1-2-7-16-8-9-3-4-10(20-9)21(18,19)17-11(5-6-11)12(13,14)15/h3-4,16-17H,2,5-8H2,1H3. The molecule has 0 spiro atoms. The van der Waals surface area contributed by atoms with Crippen LogP contribution in [0.5, 0.6) is 0 Å². The summed E-state index contributed by atoms with van der Waals surface area (Å²) in [5, 5.41) is 2.52. The molecule has 1 fully saturated rings. The maximum Gasteiger partial charge on any atom is 0.407 e. The van der Waals surface area contributed by atoms with Gasteiger partial charge in [-0.2, -0.15) is 17.9 Å². The topological polar surface area (TPSA) is 71.3 Å². The Labute approximate surface area is 120 Å². The Morgan fingerprint density at radius 2 is 2.00 bits per heavy atom. The van der Waals surface area contributed by atoms with Gasteiger partial charge in [0.15, 0.2) is 0 Å². The van der Waals surface area contributed by atoms with Gasteiger partial charge >= 0.3 is 6.18 Å². The molecule has 1 aliphatic rings. The highest BCUT2D eigenvalue weighted by Crippen LogP contribution is 2.49. The number of furan rings is 1. The molecule has 2 rings (SSSR count). The Bertz CT molecular complexity index is 591. The second-order valence-electron chi connectivity index (χ2n) is 5.08. The van der Waals surface area contributed by atoms with Gasteiger partial charge in [0.05, 0.1) is 6.54 Å². The molecule has 0 bridgehead atoms. The number of hydrogen-bond donors (Lipinski definition) is 2. The number of hydrogen-bond acceptors (Lipinski definition) is 4. The molecule has 2 N–H and O–H groups in total. The number of rotatable bonds is 7. The average molecular weight is 326 g/mol. The van der Waals surface area contributed by atoms with E-state index in [1.807, 2.05) is 6.92 Å². The molecule has 5 nitrogen and oxygen atoms in total. The van der Waals surface area contributed by atoms with Crippen molar-refractivity contribution in [2.24, 2.45) is 0 Å². The number of halogens is 3. The van der Waals surface area contributed by atoms with Crippen LogP contribution < -0.4 is 10.0 Å². The minimum atomic E-state index is -4.60. The lowest BCUT2D eigenvalue weighted by molar-refractivity contribution is -0.160. The fourth-order valence-corrected chi connectivity index (χ4v) is 3.26. The van der Waals surface area contributed by atoms with E-state index < -0.39 is 26.8 Å². The molecule has 0 saturated heterocycles. The highest BCUT2D eigenvalue weighted by Gasteiger charge is 2.65. The van der Waals surface area contributed by atoms with Crippen LogP contribution in [-0.4, -0.2) is 26.7 Å². The third kappa shape index (κ3) is 3.58. The smallest absolute Gasteiger partial charge is 0.407 e. The molecule has 1 saturated carbocycles. The van der Waals surface area contributed by atoms with Gasteiger partial charge in [-0.3, -0.25) is 0 Å². The normalized spacial score (nSPS) is 17.9. The summed E-state index contributed by atoms with van der Waals surface area (Å²) in [5.41, 5.74) is -2.33. The molecule has 120 valence electrons. The molecular weight excluding hydrogens is 309 g/mol. The Hall–Kier alpha value is -1.06. The molecule has 0 aromatic carbocycles.